The van der Waals surface area contributed by atoms with Crippen molar-refractivity contribution in [3.63, 3.8) is 0 Å². The Bertz CT molecular complexity index is 449. The predicted octanol–water partition coefficient (Wildman–Crippen LogP) is 2.98. The summed E-state index contributed by atoms with van der Waals surface area (Å²) in [6, 6.07) is 0. The number of nitrogens with zero attached hydrogens (tertiary/aromatic N) is 2. The molecule has 1 aromatic heterocycles. The third kappa shape index (κ3) is 1.55. The van der Waals surface area contributed by atoms with Gasteiger partial charge >= 0.3 is 0 Å². The lowest BCUT2D eigenvalue weighted by atomic mass is 9.77. The third-order valence-corrected chi connectivity index (χ3v) is 5.40. The van der Waals surface area contributed by atoms with Gasteiger partial charge in [-0.2, -0.15) is 4.98 Å². The Balaban J connectivity index is 0.00000120. The first-order chi connectivity index (χ1) is 7.79. The summed E-state index contributed by atoms with van der Waals surface area (Å²) in [5.41, 5.74) is 6.36. The zero-order valence-electron chi connectivity index (χ0n) is 11.5. The molecule has 2 aliphatic carbocycles. The van der Waals surface area contributed by atoms with Crippen LogP contribution in [0.5, 0.6) is 0 Å². The summed E-state index contributed by atoms with van der Waals surface area (Å²) < 4.78 is 5.44. The van der Waals surface area contributed by atoms with Crippen LogP contribution in [-0.4, -0.2) is 10.1 Å². The molecule has 1 aromatic rings. The van der Waals surface area contributed by atoms with Crippen molar-refractivity contribution in [2.24, 2.45) is 16.6 Å². The first-order valence-electron chi connectivity index (χ1n) is 6.42. The maximum Gasteiger partial charge on any atom is 0.230 e. The van der Waals surface area contributed by atoms with E-state index >= 15 is 0 Å². The molecule has 0 atom stereocenters. The van der Waals surface area contributed by atoms with Crippen molar-refractivity contribution in [1.29, 1.82) is 0 Å². The second-order valence-electron chi connectivity index (χ2n) is 6.84. The molecule has 0 spiro atoms. The highest BCUT2D eigenvalue weighted by atomic mass is 35.5. The Labute approximate surface area is 114 Å². The van der Waals surface area contributed by atoms with Gasteiger partial charge < -0.3 is 10.3 Å². The van der Waals surface area contributed by atoms with Crippen molar-refractivity contribution < 1.29 is 4.52 Å². The topological polar surface area (TPSA) is 64.9 Å². The molecule has 2 aliphatic rings. The van der Waals surface area contributed by atoms with Gasteiger partial charge in [0.2, 0.25) is 5.89 Å². The van der Waals surface area contributed by atoms with Crippen LogP contribution >= 0.6 is 12.4 Å². The van der Waals surface area contributed by atoms with Gasteiger partial charge in [-0.15, -0.1) is 12.4 Å². The van der Waals surface area contributed by atoms with Gasteiger partial charge in [0, 0.05) is 5.92 Å². The number of hydrogen-bond acceptors (Lipinski definition) is 4. The fourth-order valence-corrected chi connectivity index (χ4v) is 3.15. The van der Waals surface area contributed by atoms with Crippen LogP contribution in [0.3, 0.4) is 0 Å². The molecular weight excluding hydrogens is 250 g/mol. The highest BCUT2D eigenvalue weighted by Crippen LogP contribution is 2.73. The minimum atomic E-state index is -0.315. The van der Waals surface area contributed by atoms with Crippen LogP contribution in [-0.2, 0) is 5.54 Å². The smallest absolute Gasteiger partial charge is 0.230 e. The van der Waals surface area contributed by atoms with Crippen LogP contribution in [0, 0.1) is 10.8 Å². The Hall–Kier alpha value is -0.610. The SMILES string of the molecule is CC1(C)C(c2nc(C3(N)CCC3)no2)C1(C)C.Cl. The number of nitrogens with two attached hydrogens (primary N) is 1. The number of halogens is 1. The summed E-state index contributed by atoms with van der Waals surface area (Å²) in [4.78, 5) is 4.55. The first-order valence-corrected chi connectivity index (χ1v) is 6.42. The van der Waals surface area contributed by atoms with Crippen molar-refractivity contribution in [3.05, 3.63) is 11.7 Å². The molecule has 1 heterocycles. The first kappa shape index (κ1) is 13.8. The fraction of sp³-hybridized carbons (Fsp3) is 0.846. The summed E-state index contributed by atoms with van der Waals surface area (Å²) in [7, 11) is 0. The zero-order chi connectivity index (χ0) is 12.5. The van der Waals surface area contributed by atoms with Gasteiger partial charge in [-0.3, -0.25) is 0 Å². The molecule has 0 saturated heterocycles. The monoisotopic (exact) mass is 271 g/mol. The summed E-state index contributed by atoms with van der Waals surface area (Å²) in [5.74, 6) is 1.84. The fourth-order valence-electron chi connectivity index (χ4n) is 3.15. The number of rotatable bonds is 2. The van der Waals surface area contributed by atoms with Crippen LogP contribution in [0.2, 0.25) is 0 Å². The van der Waals surface area contributed by atoms with Gasteiger partial charge in [0.15, 0.2) is 5.82 Å². The molecule has 2 fully saturated rings. The molecule has 0 amide bonds. The van der Waals surface area contributed by atoms with Gasteiger partial charge in [0.25, 0.3) is 0 Å². The van der Waals surface area contributed by atoms with Gasteiger partial charge in [-0.25, -0.2) is 0 Å². The van der Waals surface area contributed by atoms with E-state index in [9.17, 15) is 0 Å². The Morgan fingerprint density at radius 2 is 1.72 bits per heavy atom. The largest absolute Gasteiger partial charge is 0.339 e. The lowest BCUT2D eigenvalue weighted by Gasteiger charge is -2.34. The van der Waals surface area contributed by atoms with E-state index in [-0.39, 0.29) is 28.8 Å². The minimum absolute atomic E-state index is 0. The van der Waals surface area contributed by atoms with Crippen molar-refractivity contribution >= 4 is 12.4 Å². The van der Waals surface area contributed by atoms with Crippen LogP contribution in [0.4, 0.5) is 0 Å². The Morgan fingerprint density at radius 1 is 1.17 bits per heavy atom. The molecule has 0 unspecified atom stereocenters. The van der Waals surface area contributed by atoms with Crippen molar-refractivity contribution in [3.8, 4) is 0 Å². The Kier molecular flexibility index (Phi) is 2.84. The lowest BCUT2D eigenvalue weighted by Crippen LogP contribution is -2.44. The second-order valence-corrected chi connectivity index (χ2v) is 6.84. The minimum Gasteiger partial charge on any atom is -0.339 e. The number of aromatic nitrogens is 2. The molecule has 102 valence electrons. The van der Waals surface area contributed by atoms with Crippen LogP contribution in [0.25, 0.3) is 0 Å². The molecule has 4 nitrogen and oxygen atoms in total. The van der Waals surface area contributed by atoms with E-state index in [1.807, 2.05) is 0 Å². The molecule has 2 saturated carbocycles. The van der Waals surface area contributed by atoms with E-state index in [1.165, 1.54) is 6.42 Å². The molecule has 5 heteroatoms. The quantitative estimate of drug-likeness (QED) is 0.898. The molecule has 18 heavy (non-hydrogen) atoms. The molecular formula is C13H22ClN3O. The summed E-state index contributed by atoms with van der Waals surface area (Å²) in [5, 5.41) is 4.09. The van der Waals surface area contributed by atoms with Crippen molar-refractivity contribution in [2.45, 2.75) is 58.4 Å². The van der Waals surface area contributed by atoms with Gasteiger partial charge in [-0.05, 0) is 30.1 Å². The average Bonchev–Trinajstić information content (AvgIpc) is 2.56. The van der Waals surface area contributed by atoms with E-state index in [1.54, 1.807) is 0 Å². The normalized spacial score (nSPS) is 27.2. The predicted molar refractivity (Wildman–Crippen MR) is 71.6 cm³/mol. The van der Waals surface area contributed by atoms with E-state index in [0.717, 1.165) is 18.7 Å². The summed E-state index contributed by atoms with van der Waals surface area (Å²) >= 11 is 0. The molecule has 3 rings (SSSR count). The Morgan fingerprint density at radius 3 is 2.11 bits per heavy atom. The highest BCUT2D eigenvalue weighted by Gasteiger charge is 2.68. The molecule has 0 bridgehead atoms. The van der Waals surface area contributed by atoms with Gasteiger partial charge in [-0.1, -0.05) is 32.9 Å². The van der Waals surface area contributed by atoms with Crippen LogP contribution < -0.4 is 5.73 Å². The van der Waals surface area contributed by atoms with Crippen molar-refractivity contribution in [1.82, 2.24) is 10.1 Å². The zero-order valence-corrected chi connectivity index (χ0v) is 12.3. The molecule has 0 radical (unpaired) electrons. The van der Waals surface area contributed by atoms with E-state index in [2.05, 4.69) is 37.8 Å². The van der Waals surface area contributed by atoms with Crippen LogP contribution in [0.1, 0.15) is 64.6 Å². The van der Waals surface area contributed by atoms with E-state index in [0.29, 0.717) is 11.7 Å². The number of hydrogen-bond donors (Lipinski definition) is 1. The van der Waals surface area contributed by atoms with E-state index in [4.69, 9.17) is 10.3 Å². The second kappa shape index (κ2) is 3.70. The molecule has 0 aliphatic heterocycles. The molecule has 0 aromatic carbocycles. The summed E-state index contributed by atoms with van der Waals surface area (Å²) in [6.07, 6.45) is 3.12. The van der Waals surface area contributed by atoms with Crippen molar-refractivity contribution in [2.75, 3.05) is 0 Å². The molecule has 2 N–H and O–H groups in total. The maximum absolute atomic E-state index is 6.21. The standard InChI is InChI=1S/C13H21N3O.ClH/c1-11(2)8(12(11,3)4)9-15-10(16-17-9)13(14)6-5-7-13;/h8H,5-7,14H2,1-4H3;1H. The average molecular weight is 272 g/mol. The van der Waals surface area contributed by atoms with Crippen LogP contribution in [0.15, 0.2) is 4.52 Å². The summed E-state index contributed by atoms with van der Waals surface area (Å²) in [6.45, 7) is 9.01. The van der Waals surface area contributed by atoms with Gasteiger partial charge in [0.05, 0.1) is 5.54 Å². The lowest BCUT2D eigenvalue weighted by molar-refractivity contribution is 0.228. The third-order valence-electron chi connectivity index (χ3n) is 5.40. The highest BCUT2D eigenvalue weighted by molar-refractivity contribution is 5.85. The van der Waals surface area contributed by atoms with Gasteiger partial charge in [0.1, 0.15) is 0 Å². The van der Waals surface area contributed by atoms with E-state index < -0.39 is 0 Å². The maximum atomic E-state index is 6.21.